The molecule has 0 fully saturated rings. The van der Waals surface area contributed by atoms with Crippen LogP contribution in [0.15, 0.2) is 54.6 Å². The number of carbonyl (C=O) groups is 2. The van der Waals surface area contributed by atoms with E-state index in [9.17, 15) is 14.0 Å². The molecule has 0 spiro atoms. The normalized spacial score (nSPS) is 14.0. The number of hydrogen-bond donors (Lipinski definition) is 3. The molecule has 3 N–H and O–H groups in total. The number of carbonyl (C=O) groups excluding carboxylic acids is 2. The molecule has 0 aromatic heterocycles. The minimum absolute atomic E-state index is 0.0462. The fraction of sp³-hybridized carbons (Fsp3) is 0.364. The van der Waals surface area contributed by atoms with E-state index in [0.29, 0.717) is 5.69 Å². The van der Waals surface area contributed by atoms with E-state index in [1.165, 1.54) is 18.2 Å². The summed E-state index contributed by atoms with van der Waals surface area (Å²) in [6, 6.07) is 15.2. The fourth-order valence-electron chi connectivity index (χ4n) is 2.99. The lowest BCUT2D eigenvalue weighted by molar-refractivity contribution is -0.885. The number of rotatable bonds is 9. The molecule has 0 aliphatic carbocycles. The van der Waals surface area contributed by atoms with E-state index in [0.717, 1.165) is 23.3 Å². The Labute approximate surface area is 165 Å². The van der Waals surface area contributed by atoms with E-state index in [-0.39, 0.29) is 24.4 Å². The van der Waals surface area contributed by atoms with Crippen LogP contribution < -0.4 is 15.5 Å². The summed E-state index contributed by atoms with van der Waals surface area (Å²) in [6.45, 7) is 3.99. The van der Waals surface area contributed by atoms with Crippen LogP contribution in [0.5, 0.6) is 0 Å². The van der Waals surface area contributed by atoms with Gasteiger partial charge < -0.3 is 15.5 Å². The Morgan fingerprint density at radius 1 is 1.11 bits per heavy atom. The van der Waals surface area contributed by atoms with Gasteiger partial charge in [0, 0.05) is 5.69 Å². The molecule has 28 heavy (non-hydrogen) atoms. The van der Waals surface area contributed by atoms with E-state index in [2.05, 4.69) is 17.6 Å². The van der Waals surface area contributed by atoms with Crippen LogP contribution in [0, 0.1) is 5.82 Å². The van der Waals surface area contributed by atoms with Gasteiger partial charge in [0.2, 0.25) is 0 Å². The maximum atomic E-state index is 13.2. The Kier molecular flexibility index (Phi) is 8.14. The average Bonchev–Trinajstić information content (AvgIpc) is 2.67. The molecule has 3 atom stereocenters. The van der Waals surface area contributed by atoms with Gasteiger partial charge in [-0.05, 0) is 37.1 Å². The Bertz CT molecular complexity index is 782. The van der Waals surface area contributed by atoms with Gasteiger partial charge in [-0.1, -0.05) is 49.7 Å². The van der Waals surface area contributed by atoms with Crippen LogP contribution in [0.4, 0.5) is 10.1 Å². The van der Waals surface area contributed by atoms with Crippen molar-refractivity contribution in [1.29, 1.82) is 0 Å². The molecular weight excluding hydrogens is 357 g/mol. The van der Waals surface area contributed by atoms with Crippen molar-refractivity contribution in [2.45, 2.75) is 38.8 Å². The number of halogens is 1. The van der Waals surface area contributed by atoms with Gasteiger partial charge in [-0.25, -0.2) is 4.39 Å². The molecule has 150 valence electrons. The van der Waals surface area contributed by atoms with Crippen molar-refractivity contribution < 1.29 is 18.9 Å². The Hall–Kier alpha value is -2.73. The smallest absolute Gasteiger partial charge is 0.279 e. The highest BCUT2D eigenvalue weighted by Crippen LogP contribution is 2.18. The largest absolute Gasteiger partial charge is 0.344 e. The van der Waals surface area contributed by atoms with Gasteiger partial charge in [-0.2, -0.15) is 0 Å². The third-order valence-corrected chi connectivity index (χ3v) is 4.78. The van der Waals surface area contributed by atoms with Crippen LogP contribution >= 0.6 is 0 Å². The Morgan fingerprint density at radius 2 is 1.82 bits per heavy atom. The van der Waals surface area contributed by atoms with Gasteiger partial charge in [0.25, 0.3) is 11.8 Å². The summed E-state index contributed by atoms with van der Waals surface area (Å²) in [4.78, 5) is 25.7. The quantitative estimate of drug-likeness (QED) is 0.619. The molecule has 0 radical (unpaired) electrons. The molecule has 2 rings (SSSR count). The number of likely N-dealkylation sites (N-methyl/N-ethyl adjacent to an activating group) is 1. The first-order valence-electron chi connectivity index (χ1n) is 9.63. The predicted molar refractivity (Wildman–Crippen MR) is 108 cm³/mol. The zero-order valence-electron chi connectivity index (χ0n) is 16.7. The second-order valence-corrected chi connectivity index (χ2v) is 7.06. The van der Waals surface area contributed by atoms with Crippen molar-refractivity contribution in [2.24, 2.45) is 0 Å². The molecule has 2 aromatic carbocycles. The van der Waals surface area contributed by atoms with E-state index in [1.54, 1.807) is 20.0 Å². The van der Waals surface area contributed by atoms with E-state index in [1.807, 2.05) is 30.3 Å². The average molecular weight is 386 g/mol. The van der Waals surface area contributed by atoms with E-state index < -0.39 is 11.9 Å². The minimum Gasteiger partial charge on any atom is -0.344 e. The summed E-state index contributed by atoms with van der Waals surface area (Å²) in [5, 5.41) is 5.77. The van der Waals surface area contributed by atoms with Crippen molar-refractivity contribution in [1.82, 2.24) is 5.32 Å². The van der Waals surface area contributed by atoms with Gasteiger partial charge in [-0.3, -0.25) is 9.59 Å². The molecule has 0 heterocycles. The maximum Gasteiger partial charge on any atom is 0.279 e. The number of amides is 2. The van der Waals surface area contributed by atoms with Gasteiger partial charge in [0.05, 0.1) is 13.1 Å². The molecule has 2 aromatic rings. The Balaban J connectivity index is 1.92. The van der Waals surface area contributed by atoms with E-state index >= 15 is 0 Å². The molecule has 0 aliphatic rings. The van der Waals surface area contributed by atoms with Gasteiger partial charge in [0.15, 0.2) is 12.6 Å². The van der Waals surface area contributed by atoms with Gasteiger partial charge in [0.1, 0.15) is 5.82 Å². The minimum atomic E-state index is -0.408. The van der Waals surface area contributed by atoms with E-state index in [4.69, 9.17) is 0 Å². The Morgan fingerprint density at radius 3 is 2.46 bits per heavy atom. The highest BCUT2D eigenvalue weighted by atomic mass is 19.1. The van der Waals surface area contributed by atoms with Crippen LogP contribution in [-0.4, -0.2) is 31.4 Å². The lowest BCUT2D eigenvalue weighted by Gasteiger charge is -2.24. The molecule has 0 saturated heterocycles. The number of hydrogen-bond acceptors (Lipinski definition) is 2. The zero-order valence-corrected chi connectivity index (χ0v) is 16.7. The molecule has 1 unspecified atom stereocenters. The van der Waals surface area contributed by atoms with Crippen molar-refractivity contribution in [2.75, 3.05) is 18.9 Å². The standard InChI is InChI=1S/C22H28FN3O2/c1-4-9-20(17-10-6-5-7-11-17)25-22(28)16(2)26(3)15-21(27)24-19-13-8-12-18(23)14-19/h5-8,10-14,16,20H,4,9,15H2,1-3H3,(H,24,27)(H,25,28)/p+1/t16-,20-/m1/s1. The molecule has 0 aliphatic heterocycles. The highest BCUT2D eigenvalue weighted by molar-refractivity contribution is 5.91. The van der Waals surface area contributed by atoms with Crippen molar-refractivity contribution in [3.63, 3.8) is 0 Å². The monoisotopic (exact) mass is 386 g/mol. The van der Waals surface area contributed by atoms with Crippen LogP contribution in [-0.2, 0) is 9.59 Å². The highest BCUT2D eigenvalue weighted by Gasteiger charge is 2.26. The molecule has 5 nitrogen and oxygen atoms in total. The number of quaternary nitrogens is 1. The third kappa shape index (κ3) is 6.46. The summed E-state index contributed by atoms with van der Waals surface area (Å²) in [5.74, 6) is -0.775. The summed E-state index contributed by atoms with van der Waals surface area (Å²) in [5.41, 5.74) is 1.48. The van der Waals surface area contributed by atoms with Crippen LogP contribution in [0.25, 0.3) is 0 Å². The summed E-state index contributed by atoms with van der Waals surface area (Å²) < 4.78 is 13.2. The summed E-state index contributed by atoms with van der Waals surface area (Å²) in [6.07, 6.45) is 1.80. The first kappa shape index (κ1) is 21.6. The molecule has 0 saturated carbocycles. The second-order valence-electron chi connectivity index (χ2n) is 7.06. The topological polar surface area (TPSA) is 62.6 Å². The number of anilines is 1. The summed E-state index contributed by atoms with van der Waals surface area (Å²) in [7, 11) is 1.80. The summed E-state index contributed by atoms with van der Waals surface area (Å²) >= 11 is 0. The van der Waals surface area contributed by atoms with Crippen LogP contribution in [0.2, 0.25) is 0 Å². The van der Waals surface area contributed by atoms with Gasteiger partial charge in [-0.15, -0.1) is 0 Å². The lowest BCUT2D eigenvalue weighted by Crippen LogP contribution is -3.15. The number of nitrogens with one attached hydrogen (secondary N) is 3. The zero-order chi connectivity index (χ0) is 20.5. The molecule has 2 amide bonds. The van der Waals surface area contributed by atoms with Crippen LogP contribution in [0.3, 0.4) is 0 Å². The number of benzene rings is 2. The van der Waals surface area contributed by atoms with Crippen molar-refractivity contribution >= 4 is 17.5 Å². The molecule has 6 heteroatoms. The maximum absolute atomic E-state index is 13.2. The molecular formula is C22H29FN3O2+. The fourth-order valence-corrected chi connectivity index (χ4v) is 2.99. The third-order valence-electron chi connectivity index (χ3n) is 4.78. The SMILES string of the molecule is CCC[C@@H](NC(=O)[C@@H](C)[NH+](C)CC(=O)Nc1cccc(F)c1)c1ccccc1. The lowest BCUT2D eigenvalue weighted by atomic mass is 10.0. The predicted octanol–water partition coefficient (Wildman–Crippen LogP) is 2.33. The first-order valence-corrected chi connectivity index (χ1v) is 9.63. The van der Waals surface area contributed by atoms with Gasteiger partial charge >= 0.3 is 0 Å². The van der Waals surface area contributed by atoms with Crippen molar-refractivity contribution in [3.8, 4) is 0 Å². The van der Waals surface area contributed by atoms with Crippen LogP contribution in [0.1, 0.15) is 38.3 Å². The first-order chi connectivity index (χ1) is 13.4. The van der Waals surface area contributed by atoms with Crippen molar-refractivity contribution in [3.05, 3.63) is 66.0 Å². The second kappa shape index (κ2) is 10.6. The molecule has 0 bridgehead atoms.